The second kappa shape index (κ2) is 6.22. The summed E-state index contributed by atoms with van der Waals surface area (Å²) < 4.78 is 4.90. The van der Waals surface area contributed by atoms with Gasteiger partial charge in [0, 0.05) is 6.61 Å². The monoisotopic (exact) mass is 145 g/mol. The molecule has 1 amide bonds. The highest BCUT2D eigenvalue weighted by atomic mass is 16.5. The van der Waals surface area contributed by atoms with Crippen molar-refractivity contribution in [3.8, 4) is 0 Å². The molecule has 0 aliphatic rings. The van der Waals surface area contributed by atoms with E-state index in [9.17, 15) is 9.59 Å². The molecule has 4 heteroatoms. The Balaban J connectivity index is 3.38. The second-order valence-corrected chi connectivity index (χ2v) is 1.66. The van der Waals surface area contributed by atoms with Gasteiger partial charge in [0.2, 0.25) is 6.41 Å². The molecular weight excluding hydrogens is 134 g/mol. The molecule has 4 nitrogen and oxygen atoms in total. The fourth-order valence-corrected chi connectivity index (χ4v) is 0.525. The molecule has 0 saturated carbocycles. The van der Waals surface area contributed by atoms with Crippen molar-refractivity contribution in [3.05, 3.63) is 0 Å². The molecule has 0 rings (SSSR count). The van der Waals surface area contributed by atoms with E-state index in [0.717, 1.165) is 0 Å². The van der Waals surface area contributed by atoms with Crippen molar-refractivity contribution < 1.29 is 14.3 Å². The molecular formula is C6H11NO3. The van der Waals surface area contributed by atoms with Crippen LogP contribution in [-0.4, -0.2) is 32.0 Å². The normalized spacial score (nSPS) is 12.1. The van der Waals surface area contributed by atoms with E-state index in [2.05, 4.69) is 5.32 Å². The quantitative estimate of drug-likeness (QED) is 0.504. The molecule has 0 aliphatic heterocycles. The van der Waals surface area contributed by atoms with E-state index >= 15 is 0 Å². The second-order valence-electron chi connectivity index (χ2n) is 1.66. The Morgan fingerprint density at radius 2 is 2.30 bits per heavy atom. The van der Waals surface area contributed by atoms with Gasteiger partial charge in [-0.15, -0.1) is 0 Å². The number of ether oxygens (including phenoxy) is 1. The highest BCUT2D eigenvalue weighted by molar-refractivity contribution is 5.57. The van der Waals surface area contributed by atoms with Crippen molar-refractivity contribution in [2.45, 2.75) is 13.0 Å². The number of carbonyl (C=O) groups excluding carboxylic acids is 2. The Bertz CT molecular complexity index is 105. The summed E-state index contributed by atoms with van der Waals surface area (Å²) in [7, 11) is 0. The number of carbonyl (C=O) groups is 2. The number of hydrogen-bond acceptors (Lipinski definition) is 3. The first kappa shape index (κ1) is 9.10. The van der Waals surface area contributed by atoms with Gasteiger partial charge in [0.25, 0.3) is 0 Å². The largest absolute Gasteiger partial charge is 0.369 e. The summed E-state index contributed by atoms with van der Waals surface area (Å²) in [6.45, 7) is 2.52. The zero-order valence-electron chi connectivity index (χ0n) is 5.87. The van der Waals surface area contributed by atoms with Gasteiger partial charge in [0.1, 0.15) is 6.10 Å². The van der Waals surface area contributed by atoms with Gasteiger partial charge in [-0.05, 0) is 6.92 Å². The molecule has 0 aliphatic carbocycles. The molecule has 0 radical (unpaired) electrons. The maximum Gasteiger partial charge on any atom is 0.207 e. The van der Waals surface area contributed by atoms with Crippen LogP contribution in [0.4, 0.5) is 0 Å². The van der Waals surface area contributed by atoms with Crippen LogP contribution < -0.4 is 5.32 Å². The van der Waals surface area contributed by atoms with Crippen molar-refractivity contribution >= 4 is 12.7 Å². The molecule has 58 valence electrons. The lowest BCUT2D eigenvalue weighted by Gasteiger charge is -2.07. The Morgan fingerprint density at radius 1 is 1.60 bits per heavy atom. The molecule has 1 unspecified atom stereocenters. The van der Waals surface area contributed by atoms with Gasteiger partial charge in [-0.1, -0.05) is 0 Å². The standard InChI is InChI=1S/C6H11NO3/c1-2-10-6(4-8)3-7-5-9/h4-6H,2-3H2,1H3,(H,7,9). The van der Waals surface area contributed by atoms with E-state index in [1.54, 1.807) is 6.92 Å². The van der Waals surface area contributed by atoms with Crippen LogP contribution in [0.15, 0.2) is 0 Å². The molecule has 0 aromatic carbocycles. The molecule has 0 fully saturated rings. The van der Waals surface area contributed by atoms with Crippen molar-refractivity contribution in [2.24, 2.45) is 0 Å². The minimum absolute atomic E-state index is 0.251. The van der Waals surface area contributed by atoms with E-state index in [1.807, 2.05) is 0 Å². The zero-order chi connectivity index (χ0) is 7.82. The van der Waals surface area contributed by atoms with Gasteiger partial charge in [-0.3, -0.25) is 4.79 Å². The summed E-state index contributed by atoms with van der Waals surface area (Å²) in [6, 6.07) is 0. The predicted octanol–water partition coefficient (Wildman–Crippen LogP) is -0.664. The first-order valence-corrected chi connectivity index (χ1v) is 3.09. The van der Waals surface area contributed by atoms with Crippen LogP contribution >= 0.6 is 0 Å². The summed E-state index contributed by atoms with van der Waals surface area (Å²) >= 11 is 0. The first-order chi connectivity index (χ1) is 4.85. The highest BCUT2D eigenvalue weighted by Crippen LogP contribution is 1.83. The fraction of sp³-hybridized carbons (Fsp3) is 0.667. The third kappa shape index (κ3) is 4.03. The zero-order valence-corrected chi connectivity index (χ0v) is 5.87. The summed E-state index contributed by atoms with van der Waals surface area (Å²) in [5, 5.41) is 2.35. The van der Waals surface area contributed by atoms with E-state index in [-0.39, 0.29) is 6.54 Å². The van der Waals surface area contributed by atoms with Gasteiger partial charge in [0.15, 0.2) is 6.29 Å². The molecule has 1 atom stereocenters. The van der Waals surface area contributed by atoms with Crippen LogP contribution in [0.5, 0.6) is 0 Å². The highest BCUT2D eigenvalue weighted by Gasteiger charge is 2.03. The van der Waals surface area contributed by atoms with Crippen molar-refractivity contribution in [3.63, 3.8) is 0 Å². The maximum absolute atomic E-state index is 10.1. The molecule has 10 heavy (non-hydrogen) atoms. The van der Waals surface area contributed by atoms with Gasteiger partial charge in [-0.25, -0.2) is 0 Å². The minimum atomic E-state index is -0.504. The number of amides is 1. The summed E-state index contributed by atoms with van der Waals surface area (Å²) in [6.07, 6.45) is 0.699. The van der Waals surface area contributed by atoms with E-state index in [1.165, 1.54) is 0 Å². The molecule has 1 N–H and O–H groups in total. The Kier molecular flexibility index (Phi) is 5.66. The Hall–Kier alpha value is -0.900. The SMILES string of the molecule is CCOC(C=O)CNC=O. The Labute approximate surface area is 59.6 Å². The average molecular weight is 145 g/mol. The van der Waals surface area contributed by atoms with Gasteiger partial charge in [0.05, 0.1) is 6.54 Å². The van der Waals surface area contributed by atoms with Crippen LogP contribution in [0.2, 0.25) is 0 Å². The van der Waals surface area contributed by atoms with Crippen LogP contribution in [0.25, 0.3) is 0 Å². The molecule has 0 aromatic heterocycles. The van der Waals surface area contributed by atoms with Crippen molar-refractivity contribution in [1.29, 1.82) is 0 Å². The van der Waals surface area contributed by atoms with Crippen LogP contribution in [0.3, 0.4) is 0 Å². The van der Waals surface area contributed by atoms with Crippen molar-refractivity contribution in [1.82, 2.24) is 5.32 Å². The summed E-state index contributed by atoms with van der Waals surface area (Å²) in [5.74, 6) is 0. The van der Waals surface area contributed by atoms with Crippen LogP contribution in [0, 0.1) is 0 Å². The van der Waals surface area contributed by atoms with Crippen molar-refractivity contribution in [2.75, 3.05) is 13.2 Å². The van der Waals surface area contributed by atoms with Crippen LogP contribution in [0.1, 0.15) is 6.92 Å². The minimum Gasteiger partial charge on any atom is -0.369 e. The molecule has 0 bridgehead atoms. The average Bonchev–Trinajstić information content (AvgIpc) is 1.98. The van der Waals surface area contributed by atoms with Gasteiger partial charge < -0.3 is 14.8 Å². The lowest BCUT2D eigenvalue weighted by molar-refractivity contribution is -0.118. The Morgan fingerprint density at radius 3 is 2.70 bits per heavy atom. The molecule has 0 spiro atoms. The summed E-state index contributed by atoms with van der Waals surface area (Å²) in [5.41, 5.74) is 0. The number of rotatable bonds is 6. The van der Waals surface area contributed by atoms with Crippen LogP contribution in [-0.2, 0) is 14.3 Å². The number of aldehydes is 1. The summed E-state index contributed by atoms with van der Waals surface area (Å²) in [4.78, 5) is 19.9. The molecule has 0 heterocycles. The topological polar surface area (TPSA) is 55.4 Å². The molecule has 0 aromatic rings. The fourth-order valence-electron chi connectivity index (χ4n) is 0.525. The lowest BCUT2D eigenvalue weighted by Crippen LogP contribution is -2.29. The smallest absolute Gasteiger partial charge is 0.207 e. The third-order valence-corrected chi connectivity index (χ3v) is 0.935. The maximum atomic E-state index is 10.1. The number of hydrogen-bond donors (Lipinski definition) is 1. The molecule has 0 saturated heterocycles. The lowest BCUT2D eigenvalue weighted by atomic mass is 10.4. The van der Waals surface area contributed by atoms with Gasteiger partial charge in [-0.2, -0.15) is 0 Å². The van der Waals surface area contributed by atoms with E-state index in [4.69, 9.17) is 4.74 Å². The first-order valence-electron chi connectivity index (χ1n) is 3.09. The number of nitrogens with one attached hydrogen (secondary N) is 1. The van der Waals surface area contributed by atoms with E-state index in [0.29, 0.717) is 19.3 Å². The van der Waals surface area contributed by atoms with E-state index < -0.39 is 6.10 Å². The third-order valence-electron chi connectivity index (χ3n) is 0.935. The predicted molar refractivity (Wildman–Crippen MR) is 35.5 cm³/mol. The van der Waals surface area contributed by atoms with Gasteiger partial charge >= 0.3 is 0 Å².